The quantitative estimate of drug-likeness (QED) is 0.784. The van der Waals surface area contributed by atoms with Gasteiger partial charge in [0.05, 0.1) is 13.0 Å². The lowest BCUT2D eigenvalue weighted by atomic mass is 9.67. The fourth-order valence-electron chi connectivity index (χ4n) is 4.55. The van der Waals surface area contributed by atoms with E-state index in [1.807, 2.05) is 6.92 Å². The van der Waals surface area contributed by atoms with Crippen molar-refractivity contribution in [2.45, 2.75) is 32.6 Å². The molecule has 3 atom stereocenters. The first-order valence-electron chi connectivity index (χ1n) is 10.3. The third kappa shape index (κ3) is 3.95. The van der Waals surface area contributed by atoms with Gasteiger partial charge >= 0.3 is 0 Å². The number of nitrogens with zero attached hydrogens (tertiary/aromatic N) is 2. The average molecular weight is 419 g/mol. The van der Waals surface area contributed by atoms with Gasteiger partial charge < -0.3 is 15.2 Å². The van der Waals surface area contributed by atoms with Crippen LogP contribution in [0.2, 0.25) is 0 Å². The number of phenols is 1. The van der Waals surface area contributed by atoms with Crippen LogP contribution in [0.3, 0.4) is 0 Å². The highest BCUT2D eigenvalue weighted by Crippen LogP contribution is 2.45. The number of benzene rings is 1. The Balaban J connectivity index is 1.83. The summed E-state index contributed by atoms with van der Waals surface area (Å²) in [5.41, 5.74) is 2.54. The molecule has 4 rings (SSSR count). The molecule has 7 nitrogen and oxygen atoms in total. The number of rotatable bonds is 4. The van der Waals surface area contributed by atoms with Crippen LogP contribution in [0.25, 0.3) is 0 Å². The van der Waals surface area contributed by atoms with Gasteiger partial charge in [0.2, 0.25) is 0 Å². The lowest BCUT2D eigenvalue weighted by molar-refractivity contribution is -0.123. The van der Waals surface area contributed by atoms with Crippen molar-refractivity contribution in [2.24, 2.45) is 16.8 Å². The Kier molecular flexibility index (Phi) is 5.59. The van der Waals surface area contributed by atoms with Crippen LogP contribution in [0, 0.1) is 11.8 Å². The van der Waals surface area contributed by atoms with E-state index < -0.39 is 11.8 Å². The number of hydrogen-bond donors (Lipinski definition) is 2. The van der Waals surface area contributed by atoms with Crippen molar-refractivity contribution >= 4 is 23.2 Å². The van der Waals surface area contributed by atoms with E-state index in [9.17, 15) is 14.7 Å². The monoisotopic (exact) mass is 419 g/mol. The number of aliphatic imine (C=N–C) groups is 1. The number of ether oxygens (including phenoxy) is 1. The van der Waals surface area contributed by atoms with E-state index in [-0.39, 0.29) is 23.4 Å². The zero-order valence-electron chi connectivity index (χ0n) is 17.8. The molecule has 1 aliphatic heterocycles. The summed E-state index contributed by atoms with van der Waals surface area (Å²) in [6.07, 6.45) is 2.76. The number of nitrogens with one attached hydrogen (secondary N) is 1. The van der Waals surface area contributed by atoms with Gasteiger partial charge in [-0.2, -0.15) is 0 Å². The summed E-state index contributed by atoms with van der Waals surface area (Å²) >= 11 is 0. The molecule has 0 radical (unpaired) electrons. The van der Waals surface area contributed by atoms with Gasteiger partial charge in [-0.05, 0) is 49.1 Å². The van der Waals surface area contributed by atoms with Crippen molar-refractivity contribution in [3.8, 4) is 11.5 Å². The van der Waals surface area contributed by atoms with Gasteiger partial charge in [0, 0.05) is 35.5 Å². The number of carbonyl (C=O) groups is 2. The number of methoxy groups -OCH3 is 1. The predicted octanol–water partition coefficient (Wildman–Crippen LogP) is 3.86. The number of Topliss-reactive ketones (excluding diaryl/α,β-unsaturated/α-hetero) is 1. The number of phenolic OH excluding ortho intramolecular Hbond substituents is 1. The van der Waals surface area contributed by atoms with Crippen molar-refractivity contribution in [3.63, 3.8) is 0 Å². The van der Waals surface area contributed by atoms with Crippen molar-refractivity contribution in [1.29, 1.82) is 0 Å². The van der Waals surface area contributed by atoms with Crippen LogP contribution >= 0.6 is 0 Å². The lowest BCUT2D eigenvalue weighted by Gasteiger charge is -2.37. The minimum Gasteiger partial charge on any atom is -0.504 e. The number of ketones is 1. The molecule has 160 valence electrons. The molecule has 1 aliphatic carbocycles. The van der Waals surface area contributed by atoms with Crippen molar-refractivity contribution < 1.29 is 19.4 Å². The van der Waals surface area contributed by atoms with Crippen LogP contribution in [0.5, 0.6) is 11.5 Å². The number of anilines is 1. The Morgan fingerprint density at radius 3 is 2.71 bits per heavy atom. The maximum atomic E-state index is 13.4. The number of aromatic hydroxyl groups is 1. The maximum Gasteiger partial charge on any atom is 0.255 e. The van der Waals surface area contributed by atoms with Gasteiger partial charge in [-0.1, -0.05) is 19.1 Å². The van der Waals surface area contributed by atoms with Crippen LogP contribution in [0.15, 0.2) is 58.9 Å². The van der Waals surface area contributed by atoms with Crippen molar-refractivity contribution in [1.82, 2.24) is 4.98 Å². The molecule has 1 aromatic heterocycles. The van der Waals surface area contributed by atoms with E-state index in [2.05, 4.69) is 10.3 Å². The summed E-state index contributed by atoms with van der Waals surface area (Å²) in [6.45, 7) is 3.84. The Morgan fingerprint density at radius 1 is 1.19 bits per heavy atom. The van der Waals surface area contributed by atoms with E-state index in [0.29, 0.717) is 35.7 Å². The van der Waals surface area contributed by atoms with E-state index in [1.54, 1.807) is 43.5 Å². The first-order valence-corrected chi connectivity index (χ1v) is 10.3. The molecular weight excluding hydrogens is 394 g/mol. The number of hydrogen-bond acceptors (Lipinski definition) is 6. The van der Waals surface area contributed by atoms with Crippen molar-refractivity contribution in [3.05, 3.63) is 59.4 Å². The molecule has 2 aromatic rings. The second-order valence-electron chi connectivity index (χ2n) is 8.14. The number of aromatic nitrogens is 1. The highest BCUT2D eigenvalue weighted by atomic mass is 16.5. The van der Waals surface area contributed by atoms with Crippen LogP contribution in [-0.4, -0.2) is 34.6 Å². The summed E-state index contributed by atoms with van der Waals surface area (Å²) in [5.74, 6) is -0.376. The Hall–Kier alpha value is -3.48. The summed E-state index contributed by atoms with van der Waals surface area (Å²) in [6, 6.07) is 10.2. The molecule has 1 fully saturated rings. The highest BCUT2D eigenvalue weighted by Gasteiger charge is 2.44. The van der Waals surface area contributed by atoms with E-state index in [0.717, 1.165) is 11.3 Å². The zero-order chi connectivity index (χ0) is 22.1. The average Bonchev–Trinajstić information content (AvgIpc) is 2.73. The fraction of sp³-hybridized carbons (Fsp3) is 0.333. The van der Waals surface area contributed by atoms with Gasteiger partial charge in [-0.15, -0.1) is 0 Å². The number of allylic oxidation sites excluding steroid dienone is 1. The number of carbonyl (C=O) groups excluding carboxylic acids is 2. The molecule has 1 saturated carbocycles. The molecule has 0 saturated heterocycles. The standard InChI is InChI=1S/C24H25N3O4/c1-13-10-16-23(18(29)11-13)22(15-7-8-17(28)19(12-15)31-3)21(14(2)26-16)24(30)27-20-6-4-5-9-25-20/h4-9,12-13,22-23,28H,10-11H2,1-3H3,(H,25,27,30)/t13-,22+,23?/m1/s1. The van der Waals surface area contributed by atoms with Crippen molar-refractivity contribution in [2.75, 3.05) is 12.4 Å². The second kappa shape index (κ2) is 8.34. The smallest absolute Gasteiger partial charge is 0.255 e. The second-order valence-corrected chi connectivity index (χ2v) is 8.14. The molecule has 1 aromatic carbocycles. The Morgan fingerprint density at radius 2 is 2.00 bits per heavy atom. The number of pyridine rings is 1. The van der Waals surface area contributed by atoms with Crippen LogP contribution in [0.4, 0.5) is 5.82 Å². The van der Waals surface area contributed by atoms with Crippen LogP contribution in [-0.2, 0) is 9.59 Å². The van der Waals surface area contributed by atoms with E-state index in [1.165, 1.54) is 13.2 Å². The largest absolute Gasteiger partial charge is 0.504 e. The highest BCUT2D eigenvalue weighted by molar-refractivity contribution is 6.14. The molecule has 7 heteroatoms. The summed E-state index contributed by atoms with van der Waals surface area (Å²) in [5, 5.41) is 12.9. The minimum absolute atomic E-state index is 0.000249. The zero-order valence-corrected chi connectivity index (χ0v) is 17.8. The first-order chi connectivity index (χ1) is 14.9. The third-order valence-electron chi connectivity index (χ3n) is 5.87. The predicted molar refractivity (Wildman–Crippen MR) is 117 cm³/mol. The molecule has 2 N–H and O–H groups in total. The molecule has 0 bridgehead atoms. The molecule has 1 unspecified atom stereocenters. The van der Waals surface area contributed by atoms with Gasteiger partial charge in [0.15, 0.2) is 11.5 Å². The summed E-state index contributed by atoms with van der Waals surface area (Å²) < 4.78 is 5.28. The molecule has 1 amide bonds. The maximum absolute atomic E-state index is 13.4. The third-order valence-corrected chi connectivity index (χ3v) is 5.87. The number of fused-ring (bicyclic) bond motifs is 1. The molecular formula is C24H25N3O4. The SMILES string of the molecule is COc1cc([C@H]2C(C(=O)Nc3ccccn3)=C(C)N=C3C[C@@H](C)CC(=O)C32)ccc1O. The molecule has 2 heterocycles. The van der Waals surface area contributed by atoms with Gasteiger partial charge in [-0.25, -0.2) is 4.98 Å². The lowest BCUT2D eigenvalue weighted by Crippen LogP contribution is -2.41. The summed E-state index contributed by atoms with van der Waals surface area (Å²) in [4.78, 5) is 35.4. The van der Waals surface area contributed by atoms with Crippen LogP contribution in [0.1, 0.15) is 38.2 Å². The van der Waals surface area contributed by atoms with E-state index in [4.69, 9.17) is 9.73 Å². The topological polar surface area (TPSA) is 101 Å². The van der Waals surface area contributed by atoms with Gasteiger partial charge in [0.1, 0.15) is 11.6 Å². The molecule has 2 aliphatic rings. The Labute approximate surface area is 180 Å². The van der Waals surface area contributed by atoms with Gasteiger partial charge in [-0.3, -0.25) is 14.6 Å². The minimum atomic E-state index is -0.522. The normalized spacial score (nSPS) is 23.1. The van der Waals surface area contributed by atoms with Gasteiger partial charge in [0.25, 0.3) is 5.91 Å². The first kappa shape index (κ1) is 20.8. The van der Waals surface area contributed by atoms with E-state index >= 15 is 0 Å². The fourth-order valence-corrected chi connectivity index (χ4v) is 4.55. The van der Waals surface area contributed by atoms with Crippen LogP contribution < -0.4 is 10.1 Å². The molecule has 0 spiro atoms. The number of amides is 1. The molecule has 31 heavy (non-hydrogen) atoms. The summed E-state index contributed by atoms with van der Waals surface area (Å²) in [7, 11) is 1.47. The Bertz CT molecular complexity index is 1090.